The van der Waals surface area contributed by atoms with Crippen molar-refractivity contribution in [2.75, 3.05) is 5.73 Å². The highest BCUT2D eigenvalue weighted by Gasteiger charge is 2.13. The zero-order valence-electron chi connectivity index (χ0n) is 10.6. The molecule has 0 bridgehead atoms. The molecule has 100 valence electrons. The molecule has 1 heterocycles. The summed E-state index contributed by atoms with van der Waals surface area (Å²) in [5, 5.41) is 4.45. The van der Waals surface area contributed by atoms with Crippen LogP contribution in [-0.4, -0.2) is 10.1 Å². The van der Waals surface area contributed by atoms with Gasteiger partial charge in [0.05, 0.1) is 16.3 Å². The highest BCUT2D eigenvalue weighted by molar-refractivity contribution is 6.33. The van der Waals surface area contributed by atoms with E-state index in [4.69, 9.17) is 21.9 Å². The van der Waals surface area contributed by atoms with Crippen molar-refractivity contribution in [3.05, 3.63) is 64.9 Å². The molecule has 0 amide bonds. The van der Waals surface area contributed by atoms with Crippen LogP contribution in [0.3, 0.4) is 0 Å². The minimum absolute atomic E-state index is 0.385. The van der Waals surface area contributed by atoms with Crippen LogP contribution in [0.2, 0.25) is 5.02 Å². The Kier molecular flexibility index (Phi) is 3.39. The Hall–Kier alpha value is -2.33. The van der Waals surface area contributed by atoms with Crippen molar-refractivity contribution in [2.24, 2.45) is 0 Å². The summed E-state index contributed by atoms with van der Waals surface area (Å²) in [4.78, 5) is 4.36. The molecule has 0 spiro atoms. The predicted octanol–water partition coefficient (Wildman–Crippen LogP) is 3.56. The summed E-state index contributed by atoms with van der Waals surface area (Å²) >= 11 is 5.99. The summed E-state index contributed by atoms with van der Waals surface area (Å²) in [7, 11) is 0. The molecule has 1 aromatic heterocycles. The van der Waals surface area contributed by atoms with Crippen LogP contribution in [0.1, 0.15) is 11.4 Å². The average Bonchev–Trinajstić information content (AvgIpc) is 2.91. The van der Waals surface area contributed by atoms with E-state index in [-0.39, 0.29) is 0 Å². The molecule has 20 heavy (non-hydrogen) atoms. The second-order valence-corrected chi connectivity index (χ2v) is 4.79. The van der Waals surface area contributed by atoms with Gasteiger partial charge in [-0.2, -0.15) is 4.98 Å². The standard InChI is InChI=1S/C15H12ClN3O/c16-12-8-4-7-11(14(12)17)15-18-13(19-20-15)9-10-5-2-1-3-6-10/h1-8H,9,17H2. The second kappa shape index (κ2) is 5.35. The van der Waals surface area contributed by atoms with Crippen LogP contribution in [0.5, 0.6) is 0 Å². The number of halogens is 1. The maximum atomic E-state index is 5.99. The molecule has 0 saturated heterocycles. The summed E-state index contributed by atoms with van der Waals surface area (Å²) in [5.41, 5.74) is 8.15. The molecule has 0 radical (unpaired) electrons. The largest absolute Gasteiger partial charge is 0.397 e. The first kappa shape index (κ1) is 12.7. The summed E-state index contributed by atoms with van der Waals surface area (Å²) in [6.07, 6.45) is 0.616. The number of benzene rings is 2. The molecule has 0 aliphatic rings. The third-order valence-electron chi connectivity index (χ3n) is 2.96. The van der Waals surface area contributed by atoms with Crippen molar-refractivity contribution in [1.29, 1.82) is 0 Å². The van der Waals surface area contributed by atoms with Gasteiger partial charge in [0, 0.05) is 6.42 Å². The number of para-hydroxylation sites is 1. The van der Waals surface area contributed by atoms with Gasteiger partial charge in [-0.1, -0.05) is 53.2 Å². The Labute approximate surface area is 121 Å². The summed E-state index contributed by atoms with van der Waals surface area (Å²) in [6.45, 7) is 0. The number of hydrogen-bond donors (Lipinski definition) is 1. The number of aromatic nitrogens is 2. The first-order valence-electron chi connectivity index (χ1n) is 6.15. The molecule has 2 N–H and O–H groups in total. The predicted molar refractivity (Wildman–Crippen MR) is 78.4 cm³/mol. The van der Waals surface area contributed by atoms with Crippen molar-refractivity contribution in [3.8, 4) is 11.5 Å². The molecule has 0 unspecified atom stereocenters. The summed E-state index contributed by atoms with van der Waals surface area (Å²) in [5.74, 6) is 1.00. The summed E-state index contributed by atoms with van der Waals surface area (Å²) in [6, 6.07) is 15.3. The number of rotatable bonds is 3. The smallest absolute Gasteiger partial charge is 0.260 e. The minimum atomic E-state index is 0.385. The molecule has 3 aromatic rings. The van der Waals surface area contributed by atoms with Gasteiger partial charge in [-0.3, -0.25) is 0 Å². The molecule has 0 fully saturated rings. The lowest BCUT2D eigenvalue weighted by Gasteiger charge is -2.01. The first-order chi connectivity index (χ1) is 9.74. The van der Waals surface area contributed by atoms with E-state index in [1.54, 1.807) is 18.2 Å². The van der Waals surface area contributed by atoms with E-state index in [1.807, 2.05) is 30.3 Å². The lowest BCUT2D eigenvalue weighted by molar-refractivity contribution is 0.424. The van der Waals surface area contributed by atoms with Crippen LogP contribution >= 0.6 is 11.6 Å². The van der Waals surface area contributed by atoms with Gasteiger partial charge in [-0.25, -0.2) is 0 Å². The summed E-state index contributed by atoms with van der Waals surface area (Å²) < 4.78 is 5.26. The van der Waals surface area contributed by atoms with Crippen molar-refractivity contribution >= 4 is 17.3 Å². The Balaban J connectivity index is 1.89. The van der Waals surface area contributed by atoms with Gasteiger partial charge in [-0.05, 0) is 17.7 Å². The van der Waals surface area contributed by atoms with E-state index in [0.717, 1.165) is 5.56 Å². The van der Waals surface area contributed by atoms with E-state index in [1.165, 1.54) is 0 Å². The third kappa shape index (κ3) is 2.51. The SMILES string of the molecule is Nc1c(Cl)cccc1-c1nc(Cc2ccccc2)no1. The van der Waals surface area contributed by atoms with Gasteiger partial charge < -0.3 is 10.3 Å². The fourth-order valence-electron chi connectivity index (χ4n) is 1.94. The molecular weight excluding hydrogens is 274 g/mol. The van der Waals surface area contributed by atoms with Crippen LogP contribution in [0, 0.1) is 0 Å². The van der Waals surface area contributed by atoms with E-state index in [9.17, 15) is 0 Å². The van der Waals surface area contributed by atoms with Crippen LogP contribution in [-0.2, 0) is 6.42 Å². The number of nitrogen functional groups attached to an aromatic ring is 1. The van der Waals surface area contributed by atoms with Gasteiger partial charge in [-0.15, -0.1) is 0 Å². The zero-order valence-corrected chi connectivity index (χ0v) is 11.3. The second-order valence-electron chi connectivity index (χ2n) is 4.38. The Bertz CT molecular complexity index is 725. The molecule has 3 rings (SSSR count). The van der Waals surface area contributed by atoms with E-state index in [2.05, 4.69) is 10.1 Å². The molecule has 5 heteroatoms. The van der Waals surface area contributed by atoms with Crippen LogP contribution in [0.15, 0.2) is 53.1 Å². The zero-order chi connectivity index (χ0) is 13.9. The lowest BCUT2D eigenvalue weighted by atomic mass is 10.1. The molecule has 4 nitrogen and oxygen atoms in total. The van der Waals surface area contributed by atoms with E-state index < -0.39 is 0 Å². The number of nitrogens with two attached hydrogens (primary N) is 1. The average molecular weight is 286 g/mol. The van der Waals surface area contributed by atoms with Gasteiger partial charge in [0.2, 0.25) is 0 Å². The first-order valence-corrected chi connectivity index (χ1v) is 6.52. The molecule has 2 aromatic carbocycles. The van der Waals surface area contributed by atoms with E-state index in [0.29, 0.717) is 34.4 Å². The number of nitrogens with zero attached hydrogens (tertiary/aromatic N) is 2. The van der Waals surface area contributed by atoms with Crippen molar-refractivity contribution in [3.63, 3.8) is 0 Å². The number of anilines is 1. The van der Waals surface area contributed by atoms with Gasteiger partial charge >= 0.3 is 0 Å². The van der Waals surface area contributed by atoms with Gasteiger partial charge in [0.25, 0.3) is 5.89 Å². The highest BCUT2D eigenvalue weighted by Crippen LogP contribution is 2.30. The van der Waals surface area contributed by atoms with E-state index >= 15 is 0 Å². The highest BCUT2D eigenvalue weighted by atomic mass is 35.5. The Morgan fingerprint density at radius 1 is 1.05 bits per heavy atom. The maximum Gasteiger partial charge on any atom is 0.260 e. The minimum Gasteiger partial charge on any atom is -0.397 e. The van der Waals surface area contributed by atoms with Gasteiger partial charge in [0.1, 0.15) is 0 Å². The van der Waals surface area contributed by atoms with Crippen LogP contribution in [0.25, 0.3) is 11.5 Å². The Morgan fingerprint density at radius 3 is 2.65 bits per heavy atom. The topological polar surface area (TPSA) is 64.9 Å². The lowest BCUT2D eigenvalue weighted by Crippen LogP contribution is -1.92. The molecular formula is C15H12ClN3O. The monoisotopic (exact) mass is 285 g/mol. The van der Waals surface area contributed by atoms with Crippen LogP contribution in [0.4, 0.5) is 5.69 Å². The molecule has 0 aliphatic carbocycles. The van der Waals surface area contributed by atoms with Crippen molar-refractivity contribution < 1.29 is 4.52 Å². The fourth-order valence-corrected chi connectivity index (χ4v) is 2.11. The molecule has 0 atom stereocenters. The Morgan fingerprint density at radius 2 is 1.85 bits per heavy atom. The van der Waals surface area contributed by atoms with Crippen molar-refractivity contribution in [2.45, 2.75) is 6.42 Å². The fraction of sp³-hybridized carbons (Fsp3) is 0.0667. The maximum absolute atomic E-state index is 5.99. The quantitative estimate of drug-likeness (QED) is 0.747. The molecule has 0 aliphatic heterocycles. The van der Waals surface area contributed by atoms with Gasteiger partial charge in [0.15, 0.2) is 5.82 Å². The normalized spacial score (nSPS) is 10.7. The third-order valence-corrected chi connectivity index (χ3v) is 3.29. The van der Waals surface area contributed by atoms with Crippen LogP contribution < -0.4 is 5.73 Å². The van der Waals surface area contributed by atoms with Crippen molar-refractivity contribution in [1.82, 2.24) is 10.1 Å². The molecule has 0 saturated carbocycles. The number of hydrogen-bond acceptors (Lipinski definition) is 4.